The number of pyridine rings is 1. The Hall–Kier alpha value is -2.95. The van der Waals surface area contributed by atoms with Crippen LogP contribution in [0, 0.1) is 20.8 Å². The minimum atomic E-state index is -0.178. The van der Waals surface area contributed by atoms with Crippen LogP contribution >= 0.6 is 0 Å². The second-order valence-corrected chi connectivity index (χ2v) is 5.56. The predicted molar refractivity (Wildman–Crippen MR) is 90.0 cm³/mol. The first-order valence-corrected chi connectivity index (χ1v) is 7.40. The monoisotopic (exact) mass is 306 g/mol. The van der Waals surface area contributed by atoms with Gasteiger partial charge in [0, 0.05) is 17.5 Å². The maximum absolute atomic E-state index is 12.3. The molecule has 1 N–H and O–H groups in total. The van der Waals surface area contributed by atoms with Crippen LogP contribution in [0.25, 0.3) is 5.69 Å². The molecule has 1 aromatic carbocycles. The molecule has 0 saturated carbocycles. The van der Waals surface area contributed by atoms with Crippen molar-refractivity contribution in [2.24, 2.45) is 0 Å². The first-order chi connectivity index (χ1) is 11.0. The Balaban J connectivity index is 1.79. The summed E-state index contributed by atoms with van der Waals surface area (Å²) in [6.45, 7) is 5.92. The molecule has 0 unspecified atom stereocenters. The van der Waals surface area contributed by atoms with Crippen molar-refractivity contribution in [1.82, 2.24) is 14.8 Å². The number of hydrogen-bond acceptors (Lipinski definition) is 3. The fourth-order valence-electron chi connectivity index (χ4n) is 2.44. The van der Waals surface area contributed by atoms with E-state index in [1.165, 1.54) is 0 Å². The van der Waals surface area contributed by atoms with Gasteiger partial charge in [0.2, 0.25) is 0 Å². The summed E-state index contributed by atoms with van der Waals surface area (Å²) in [5, 5.41) is 7.24. The number of aryl methyl sites for hydroxylation is 3. The van der Waals surface area contributed by atoms with E-state index in [9.17, 15) is 4.79 Å². The number of rotatable bonds is 3. The third-order valence-electron chi connectivity index (χ3n) is 3.54. The fraction of sp³-hybridized carbons (Fsp3) is 0.167. The van der Waals surface area contributed by atoms with E-state index in [1.807, 2.05) is 55.8 Å². The molecule has 2 heterocycles. The Kier molecular flexibility index (Phi) is 3.93. The second kappa shape index (κ2) is 6.04. The summed E-state index contributed by atoms with van der Waals surface area (Å²) in [5.74, 6) is 0.376. The first kappa shape index (κ1) is 15.0. The summed E-state index contributed by atoms with van der Waals surface area (Å²) in [7, 11) is 0. The van der Waals surface area contributed by atoms with Gasteiger partial charge in [-0.05, 0) is 68.8 Å². The van der Waals surface area contributed by atoms with Gasteiger partial charge in [-0.25, -0.2) is 9.67 Å². The molecule has 0 spiro atoms. The molecule has 0 aliphatic rings. The van der Waals surface area contributed by atoms with E-state index < -0.39 is 0 Å². The van der Waals surface area contributed by atoms with Crippen molar-refractivity contribution >= 4 is 11.7 Å². The number of carbonyl (C=O) groups is 1. The van der Waals surface area contributed by atoms with Crippen molar-refractivity contribution in [1.29, 1.82) is 0 Å². The Morgan fingerprint density at radius 1 is 1.04 bits per heavy atom. The maximum Gasteiger partial charge on any atom is 0.256 e. The quantitative estimate of drug-likeness (QED) is 0.806. The van der Waals surface area contributed by atoms with Crippen LogP contribution in [0.3, 0.4) is 0 Å². The molecule has 3 aromatic rings. The average Bonchev–Trinajstić information content (AvgIpc) is 2.86. The van der Waals surface area contributed by atoms with Gasteiger partial charge in [0.25, 0.3) is 5.91 Å². The van der Waals surface area contributed by atoms with E-state index in [0.717, 1.165) is 22.6 Å². The van der Waals surface area contributed by atoms with Crippen LogP contribution in [0.15, 0.2) is 48.7 Å². The van der Waals surface area contributed by atoms with Gasteiger partial charge in [0.15, 0.2) is 0 Å². The highest BCUT2D eigenvalue weighted by molar-refractivity contribution is 6.03. The maximum atomic E-state index is 12.3. The smallest absolute Gasteiger partial charge is 0.256 e. The summed E-state index contributed by atoms with van der Waals surface area (Å²) in [4.78, 5) is 16.4. The van der Waals surface area contributed by atoms with E-state index in [4.69, 9.17) is 0 Å². The number of carbonyl (C=O) groups excluding carboxylic acids is 1. The average molecular weight is 306 g/mol. The SMILES string of the molecule is Cc1ccnc(NC(=O)c2ccc(-n3nc(C)cc3C)cc2)c1. The van der Waals surface area contributed by atoms with Gasteiger partial charge in [-0.2, -0.15) is 5.10 Å². The molecule has 0 aliphatic carbocycles. The van der Waals surface area contributed by atoms with Gasteiger partial charge < -0.3 is 5.32 Å². The predicted octanol–water partition coefficient (Wildman–Crippen LogP) is 3.44. The standard InChI is InChI=1S/C18H18N4O/c1-12-8-9-19-17(10-12)20-18(23)15-4-6-16(7-5-15)22-14(3)11-13(2)21-22/h4-11H,1-3H3,(H,19,20,23). The van der Waals surface area contributed by atoms with Crippen LogP contribution in [0.5, 0.6) is 0 Å². The second-order valence-electron chi connectivity index (χ2n) is 5.56. The fourth-order valence-corrected chi connectivity index (χ4v) is 2.44. The zero-order chi connectivity index (χ0) is 16.4. The third-order valence-corrected chi connectivity index (χ3v) is 3.54. The van der Waals surface area contributed by atoms with Crippen molar-refractivity contribution in [3.05, 3.63) is 71.2 Å². The van der Waals surface area contributed by atoms with E-state index in [1.54, 1.807) is 18.3 Å². The normalized spacial score (nSPS) is 10.6. The van der Waals surface area contributed by atoms with Crippen LogP contribution in [0.1, 0.15) is 27.3 Å². The zero-order valence-electron chi connectivity index (χ0n) is 13.4. The molecule has 1 amide bonds. The van der Waals surface area contributed by atoms with E-state index >= 15 is 0 Å². The summed E-state index contributed by atoms with van der Waals surface area (Å²) in [6.07, 6.45) is 1.68. The highest BCUT2D eigenvalue weighted by Gasteiger charge is 2.08. The molecule has 2 aromatic heterocycles. The molecule has 5 heteroatoms. The molecule has 0 atom stereocenters. The molecule has 0 bridgehead atoms. The number of amides is 1. The third kappa shape index (κ3) is 3.29. The number of anilines is 1. The van der Waals surface area contributed by atoms with Crippen molar-refractivity contribution in [3.63, 3.8) is 0 Å². The zero-order valence-corrected chi connectivity index (χ0v) is 13.4. The van der Waals surface area contributed by atoms with Gasteiger partial charge in [-0.3, -0.25) is 4.79 Å². The highest BCUT2D eigenvalue weighted by atomic mass is 16.1. The van der Waals surface area contributed by atoms with Gasteiger partial charge in [-0.15, -0.1) is 0 Å². The minimum Gasteiger partial charge on any atom is -0.307 e. The summed E-state index contributed by atoms with van der Waals surface area (Å²) >= 11 is 0. The first-order valence-electron chi connectivity index (χ1n) is 7.40. The molecule has 0 aliphatic heterocycles. The lowest BCUT2D eigenvalue weighted by Crippen LogP contribution is -2.13. The lowest BCUT2D eigenvalue weighted by Gasteiger charge is -2.07. The Morgan fingerprint density at radius 2 is 1.78 bits per heavy atom. The Morgan fingerprint density at radius 3 is 2.39 bits per heavy atom. The minimum absolute atomic E-state index is 0.178. The summed E-state index contributed by atoms with van der Waals surface area (Å²) in [6, 6.07) is 13.1. The molecule has 0 saturated heterocycles. The van der Waals surface area contributed by atoms with Gasteiger partial charge >= 0.3 is 0 Å². The molecule has 0 fully saturated rings. The molecule has 23 heavy (non-hydrogen) atoms. The summed E-state index contributed by atoms with van der Waals surface area (Å²) in [5.41, 5.74) is 4.59. The lowest BCUT2D eigenvalue weighted by atomic mass is 10.2. The summed E-state index contributed by atoms with van der Waals surface area (Å²) < 4.78 is 1.86. The largest absolute Gasteiger partial charge is 0.307 e. The molecular weight excluding hydrogens is 288 g/mol. The van der Waals surface area contributed by atoms with Crippen molar-refractivity contribution in [2.75, 3.05) is 5.32 Å². The Bertz CT molecular complexity index is 850. The lowest BCUT2D eigenvalue weighted by molar-refractivity contribution is 0.102. The molecule has 116 valence electrons. The van der Waals surface area contributed by atoms with Crippen LogP contribution in [-0.2, 0) is 0 Å². The topological polar surface area (TPSA) is 59.8 Å². The number of aromatic nitrogens is 3. The van der Waals surface area contributed by atoms with Crippen molar-refractivity contribution in [2.45, 2.75) is 20.8 Å². The highest BCUT2D eigenvalue weighted by Crippen LogP contribution is 2.14. The van der Waals surface area contributed by atoms with Crippen molar-refractivity contribution in [3.8, 4) is 5.69 Å². The van der Waals surface area contributed by atoms with Crippen LogP contribution < -0.4 is 5.32 Å². The number of nitrogens with one attached hydrogen (secondary N) is 1. The van der Waals surface area contributed by atoms with E-state index in [0.29, 0.717) is 11.4 Å². The Labute approximate surface area is 135 Å². The van der Waals surface area contributed by atoms with Gasteiger partial charge in [0.1, 0.15) is 5.82 Å². The molecular formula is C18H18N4O. The van der Waals surface area contributed by atoms with Crippen LogP contribution in [0.4, 0.5) is 5.82 Å². The molecule has 3 rings (SSSR count). The number of hydrogen-bond donors (Lipinski definition) is 1. The van der Waals surface area contributed by atoms with Crippen LogP contribution in [0.2, 0.25) is 0 Å². The van der Waals surface area contributed by atoms with E-state index in [-0.39, 0.29) is 5.91 Å². The number of benzene rings is 1. The van der Waals surface area contributed by atoms with Crippen molar-refractivity contribution < 1.29 is 4.79 Å². The van der Waals surface area contributed by atoms with E-state index in [2.05, 4.69) is 15.4 Å². The van der Waals surface area contributed by atoms with Gasteiger partial charge in [0.05, 0.1) is 11.4 Å². The van der Waals surface area contributed by atoms with Crippen LogP contribution in [-0.4, -0.2) is 20.7 Å². The molecule has 5 nitrogen and oxygen atoms in total. The van der Waals surface area contributed by atoms with Gasteiger partial charge in [-0.1, -0.05) is 0 Å². The number of nitrogens with zero attached hydrogens (tertiary/aromatic N) is 3. The molecule has 0 radical (unpaired) electrons.